The molecule has 0 bridgehead atoms. The highest BCUT2D eigenvalue weighted by Crippen LogP contribution is 2.19. The summed E-state index contributed by atoms with van der Waals surface area (Å²) in [5, 5.41) is 2.89. The summed E-state index contributed by atoms with van der Waals surface area (Å²) in [5.74, 6) is 1.94. The lowest BCUT2D eigenvalue weighted by atomic mass is 10.1. The van der Waals surface area contributed by atoms with Crippen molar-refractivity contribution in [1.82, 2.24) is 14.9 Å². The zero-order valence-electron chi connectivity index (χ0n) is 18.9. The Kier molecular flexibility index (Phi) is 7.88. The maximum atomic E-state index is 11.5. The summed E-state index contributed by atoms with van der Waals surface area (Å²) in [4.78, 5) is 16.4. The van der Waals surface area contributed by atoms with Gasteiger partial charge >= 0.3 is 0 Å². The molecular weight excluding hydrogens is 386 g/mol. The van der Waals surface area contributed by atoms with Gasteiger partial charge in [0.05, 0.1) is 17.6 Å². The number of carbonyl (C=O) groups is 1. The number of fused-ring (bicyclic) bond motifs is 1. The van der Waals surface area contributed by atoms with Crippen LogP contribution in [0.2, 0.25) is 0 Å². The molecule has 3 aromatic rings. The summed E-state index contributed by atoms with van der Waals surface area (Å²) >= 11 is 0. The van der Waals surface area contributed by atoms with Gasteiger partial charge in [-0.2, -0.15) is 0 Å². The van der Waals surface area contributed by atoms with E-state index in [1.165, 1.54) is 11.1 Å². The Balaban J connectivity index is 1.56. The molecule has 1 N–H and O–H groups in total. The van der Waals surface area contributed by atoms with Crippen LogP contribution in [0.3, 0.4) is 0 Å². The van der Waals surface area contributed by atoms with Crippen LogP contribution in [0.4, 0.5) is 0 Å². The average molecular weight is 420 g/mol. The third-order valence-electron chi connectivity index (χ3n) is 5.55. The number of nitrogens with one attached hydrogen (secondary N) is 1. The Morgan fingerprint density at radius 2 is 1.90 bits per heavy atom. The molecule has 3 rings (SSSR count). The van der Waals surface area contributed by atoms with Crippen molar-refractivity contribution in [1.29, 1.82) is 0 Å². The number of imidazole rings is 1. The minimum atomic E-state index is -0.0643. The molecule has 31 heavy (non-hydrogen) atoms. The van der Waals surface area contributed by atoms with E-state index in [-0.39, 0.29) is 5.91 Å². The standard InChI is InChI=1S/C26H33N3O2/c1-19(2)26(30)27-15-9-5-6-12-25-28-23-10-7-8-11-24(23)29(25)16-17-31-22-14-13-20(3)21(4)18-22/h7-8,10-11,13-14,18H,1,5-6,9,12,15-17H2,2-4H3,(H,27,30). The monoisotopic (exact) mass is 419 g/mol. The Hall–Kier alpha value is -3.08. The number of amides is 1. The lowest BCUT2D eigenvalue weighted by molar-refractivity contribution is -0.117. The molecule has 2 aromatic carbocycles. The molecular formula is C26H33N3O2. The number of para-hydroxylation sites is 2. The Labute approximate surface area is 185 Å². The highest BCUT2D eigenvalue weighted by atomic mass is 16.5. The van der Waals surface area contributed by atoms with Gasteiger partial charge in [0.25, 0.3) is 0 Å². The normalized spacial score (nSPS) is 10.9. The molecule has 0 spiro atoms. The van der Waals surface area contributed by atoms with E-state index in [0.717, 1.165) is 54.8 Å². The van der Waals surface area contributed by atoms with Crippen molar-refractivity contribution < 1.29 is 9.53 Å². The zero-order valence-corrected chi connectivity index (χ0v) is 18.9. The molecule has 0 unspecified atom stereocenters. The summed E-state index contributed by atoms with van der Waals surface area (Å²) in [5.41, 5.74) is 5.24. The van der Waals surface area contributed by atoms with Crippen LogP contribution < -0.4 is 10.1 Å². The minimum absolute atomic E-state index is 0.0643. The first-order valence-corrected chi connectivity index (χ1v) is 11.0. The number of nitrogens with zero attached hydrogens (tertiary/aromatic N) is 2. The molecule has 5 heteroatoms. The van der Waals surface area contributed by atoms with E-state index in [1.54, 1.807) is 6.92 Å². The fraction of sp³-hybridized carbons (Fsp3) is 0.385. The van der Waals surface area contributed by atoms with Crippen molar-refractivity contribution in [2.75, 3.05) is 13.2 Å². The van der Waals surface area contributed by atoms with Gasteiger partial charge in [0.2, 0.25) is 5.91 Å². The molecule has 1 amide bonds. The molecule has 0 radical (unpaired) electrons. The molecule has 0 saturated carbocycles. The summed E-state index contributed by atoms with van der Waals surface area (Å²) < 4.78 is 8.30. The molecule has 164 valence electrons. The van der Waals surface area contributed by atoms with Crippen molar-refractivity contribution in [3.63, 3.8) is 0 Å². The van der Waals surface area contributed by atoms with Crippen molar-refractivity contribution in [2.45, 2.75) is 53.0 Å². The van der Waals surface area contributed by atoms with Crippen LogP contribution in [0, 0.1) is 13.8 Å². The number of hydrogen-bond donors (Lipinski definition) is 1. The molecule has 0 aliphatic carbocycles. The average Bonchev–Trinajstić information content (AvgIpc) is 3.10. The van der Waals surface area contributed by atoms with Gasteiger partial charge in [-0.1, -0.05) is 31.2 Å². The predicted octanol–water partition coefficient (Wildman–Crippen LogP) is 5.14. The number of benzene rings is 2. The lowest BCUT2D eigenvalue weighted by Crippen LogP contribution is -2.24. The van der Waals surface area contributed by atoms with Crippen LogP contribution in [-0.4, -0.2) is 28.6 Å². The number of unbranched alkanes of at least 4 members (excludes halogenated alkanes) is 2. The second-order valence-corrected chi connectivity index (χ2v) is 8.11. The van der Waals surface area contributed by atoms with Crippen molar-refractivity contribution in [3.05, 3.63) is 71.6 Å². The third-order valence-corrected chi connectivity index (χ3v) is 5.55. The van der Waals surface area contributed by atoms with Crippen LogP contribution in [0.1, 0.15) is 43.1 Å². The number of hydrogen-bond acceptors (Lipinski definition) is 3. The number of carbonyl (C=O) groups excluding carboxylic acids is 1. The molecule has 5 nitrogen and oxygen atoms in total. The summed E-state index contributed by atoms with van der Waals surface area (Å²) in [7, 11) is 0. The quantitative estimate of drug-likeness (QED) is 0.346. The summed E-state index contributed by atoms with van der Waals surface area (Å²) in [6, 6.07) is 14.5. The van der Waals surface area contributed by atoms with Crippen LogP contribution in [0.15, 0.2) is 54.6 Å². The summed E-state index contributed by atoms with van der Waals surface area (Å²) in [6.45, 7) is 11.6. The number of ether oxygens (including phenoxy) is 1. The molecule has 0 aliphatic rings. The fourth-order valence-corrected chi connectivity index (χ4v) is 3.56. The van der Waals surface area contributed by atoms with E-state index in [2.05, 4.69) is 60.6 Å². The highest BCUT2D eigenvalue weighted by Gasteiger charge is 2.10. The van der Waals surface area contributed by atoms with E-state index >= 15 is 0 Å². The van der Waals surface area contributed by atoms with Crippen LogP contribution in [0.25, 0.3) is 11.0 Å². The zero-order chi connectivity index (χ0) is 22.2. The van der Waals surface area contributed by atoms with Crippen LogP contribution in [-0.2, 0) is 17.8 Å². The maximum absolute atomic E-state index is 11.5. The largest absolute Gasteiger partial charge is 0.492 e. The van der Waals surface area contributed by atoms with Crippen LogP contribution >= 0.6 is 0 Å². The third kappa shape index (κ3) is 6.20. The highest BCUT2D eigenvalue weighted by molar-refractivity contribution is 5.92. The van der Waals surface area contributed by atoms with Gasteiger partial charge in [0.15, 0.2) is 0 Å². The van der Waals surface area contributed by atoms with E-state index in [1.807, 2.05) is 12.1 Å². The van der Waals surface area contributed by atoms with Gasteiger partial charge in [0.1, 0.15) is 18.2 Å². The first kappa shape index (κ1) is 22.6. The topological polar surface area (TPSA) is 56.2 Å². The van der Waals surface area contributed by atoms with Crippen molar-refractivity contribution in [2.24, 2.45) is 0 Å². The van der Waals surface area contributed by atoms with E-state index in [0.29, 0.717) is 18.7 Å². The van der Waals surface area contributed by atoms with Gasteiger partial charge in [-0.15, -0.1) is 0 Å². The van der Waals surface area contributed by atoms with Gasteiger partial charge in [-0.25, -0.2) is 4.98 Å². The summed E-state index contributed by atoms with van der Waals surface area (Å²) in [6.07, 6.45) is 3.94. The Morgan fingerprint density at radius 1 is 1.10 bits per heavy atom. The number of aryl methyl sites for hydroxylation is 3. The predicted molar refractivity (Wildman–Crippen MR) is 127 cm³/mol. The van der Waals surface area contributed by atoms with E-state index in [9.17, 15) is 4.79 Å². The van der Waals surface area contributed by atoms with Gasteiger partial charge in [-0.05, 0) is 69.0 Å². The molecule has 1 heterocycles. The number of aromatic nitrogens is 2. The molecule has 0 fully saturated rings. The second-order valence-electron chi connectivity index (χ2n) is 8.11. The molecule has 0 atom stereocenters. The molecule has 0 aliphatic heterocycles. The SMILES string of the molecule is C=C(C)C(=O)NCCCCCc1nc2ccccc2n1CCOc1ccc(C)c(C)c1. The second kappa shape index (κ2) is 10.8. The van der Waals surface area contributed by atoms with Crippen molar-refractivity contribution in [3.8, 4) is 5.75 Å². The molecule has 0 saturated heterocycles. The maximum Gasteiger partial charge on any atom is 0.246 e. The van der Waals surface area contributed by atoms with Gasteiger partial charge in [-0.3, -0.25) is 4.79 Å². The first-order chi connectivity index (χ1) is 15.0. The Bertz CT molecular complexity index is 1050. The van der Waals surface area contributed by atoms with Gasteiger partial charge < -0.3 is 14.6 Å². The first-order valence-electron chi connectivity index (χ1n) is 11.0. The smallest absolute Gasteiger partial charge is 0.246 e. The van der Waals surface area contributed by atoms with E-state index < -0.39 is 0 Å². The Morgan fingerprint density at radius 3 is 2.68 bits per heavy atom. The number of rotatable bonds is 11. The molecule has 1 aromatic heterocycles. The van der Waals surface area contributed by atoms with Gasteiger partial charge in [0, 0.05) is 18.5 Å². The van der Waals surface area contributed by atoms with Crippen molar-refractivity contribution >= 4 is 16.9 Å². The minimum Gasteiger partial charge on any atom is -0.492 e. The lowest BCUT2D eigenvalue weighted by Gasteiger charge is -2.12. The van der Waals surface area contributed by atoms with Crippen LogP contribution in [0.5, 0.6) is 5.75 Å². The fourth-order valence-electron chi connectivity index (χ4n) is 3.56. The van der Waals surface area contributed by atoms with E-state index in [4.69, 9.17) is 9.72 Å².